The van der Waals surface area contributed by atoms with Gasteiger partial charge in [-0.15, -0.1) is 0 Å². The monoisotopic (exact) mass is 605 g/mol. The minimum atomic E-state index is -1.15. The molecule has 5 rings (SSSR count). The van der Waals surface area contributed by atoms with Crippen molar-refractivity contribution in [3.05, 3.63) is 88.9 Å². The summed E-state index contributed by atoms with van der Waals surface area (Å²) in [5.74, 6) is -1.00. The van der Waals surface area contributed by atoms with Gasteiger partial charge in [0.25, 0.3) is 0 Å². The van der Waals surface area contributed by atoms with Crippen molar-refractivity contribution in [2.75, 3.05) is 19.5 Å². The third kappa shape index (κ3) is 6.76. The van der Waals surface area contributed by atoms with Crippen LogP contribution in [0.2, 0.25) is 0 Å². The molecule has 0 saturated heterocycles. The second kappa shape index (κ2) is 12.5. The molecule has 230 valence electrons. The number of rotatable bonds is 9. The van der Waals surface area contributed by atoms with E-state index in [0.29, 0.717) is 28.4 Å². The van der Waals surface area contributed by atoms with Gasteiger partial charge in [-0.3, -0.25) is 14.7 Å². The van der Waals surface area contributed by atoms with Crippen LogP contribution < -0.4 is 14.8 Å². The number of fused-ring (bicyclic) bond motifs is 1. The number of anilines is 2. The van der Waals surface area contributed by atoms with E-state index in [1.165, 1.54) is 0 Å². The van der Waals surface area contributed by atoms with E-state index in [1.54, 1.807) is 76.3 Å². The average molecular weight is 606 g/mol. The summed E-state index contributed by atoms with van der Waals surface area (Å²) in [6, 6.07) is 12.4. The molecule has 44 heavy (non-hydrogen) atoms. The van der Waals surface area contributed by atoms with Crippen LogP contribution in [0.5, 0.6) is 11.5 Å². The Balaban J connectivity index is 1.47. The predicted octanol–water partition coefficient (Wildman–Crippen LogP) is 5.47. The lowest BCUT2D eigenvalue weighted by Crippen LogP contribution is -2.24. The first-order valence-electron chi connectivity index (χ1n) is 13.9. The quantitative estimate of drug-likeness (QED) is 0.238. The lowest BCUT2D eigenvalue weighted by molar-refractivity contribution is -0.153. The maximum Gasteiger partial charge on any atom is 0.310 e. The van der Waals surface area contributed by atoms with E-state index in [9.17, 15) is 18.7 Å². The molecule has 3 heterocycles. The number of pyridine rings is 1. The molecule has 1 aliphatic rings. The van der Waals surface area contributed by atoms with Gasteiger partial charge in [-0.05, 0) is 44.5 Å². The number of carbonyl (C=O) groups is 1. The zero-order valence-electron chi connectivity index (χ0n) is 25.0. The van der Waals surface area contributed by atoms with Crippen molar-refractivity contribution < 1.29 is 32.9 Å². The summed E-state index contributed by atoms with van der Waals surface area (Å²) in [4.78, 5) is 26.5. The van der Waals surface area contributed by atoms with Crippen LogP contribution in [0.1, 0.15) is 49.4 Å². The SMILES string of the molecule is COc1ccc(CN2Cc3nc(-c4c(F)cncc4F)nc(Nc4ccc(CC(=O)OC(C)(C)C)cc4)c3C2O)c(OC)c1. The summed E-state index contributed by atoms with van der Waals surface area (Å²) >= 11 is 0. The number of hydrogen-bond donors (Lipinski definition) is 2. The van der Waals surface area contributed by atoms with Crippen LogP contribution in [0.4, 0.5) is 20.3 Å². The lowest BCUT2D eigenvalue weighted by Gasteiger charge is -2.22. The van der Waals surface area contributed by atoms with E-state index >= 15 is 0 Å². The Morgan fingerprint density at radius 3 is 2.39 bits per heavy atom. The molecule has 4 aromatic rings. The molecule has 0 fully saturated rings. The summed E-state index contributed by atoms with van der Waals surface area (Å²) in [5, 5.41) is 14.6. The van der Waals surface area contributed by atoms with E-state index < -0.39 is 29.0 Å². The van der Waals surface area contributed by atoms with Crippen LogP contribution in [0, 0.1) is 11.6 Å². The van der Waals surface area contributed by atoms with Crippen molar-refractivity contribution in [2.45, 2.75) is 52.1 Å². The second-order valence-corrected chi connectivity index (χ2v) is 11.3. The number of aromatic nitrogens is 3. The number of methoxy groups -OCH3 is 2. The first-order valence-corrected chi connectivity index (χ1v) is 13.9. The number of aliphatic hydroxyl groups is 1. The van der Waals surface area contributed by atoms with Gasteiger partial charge < -0.3 is 24.6 Å². The third-order valence-corrected chi connectivity index (χ3v) is 6.91. The van der Waals surface area contributed by atoms with Crippen LogP contribution in [0.25, 0.3) is 11.4 Å². The smallest absolute Gasteiger partial charge is 0.310 e. The molecule has 0 radical (unpaired) electrons. The highest BCUT2D eigenvalue weighted by Crippen LogP contribution is 2.40. The number of carbonyl (C=O) groups excluding carboxylic acids is 1. The van der Waals surface area contributed by atoms with Gasteiger partial charge in [-0.25, -0.2) is 18.7 Å². The van der Waals surface area contributed by atoms with E-state index in [2.05, 4.69) is 20.3 Å². The Bertz CT molecular complexity index is 1660. The lowest BCUT2D eigenvalue weighted by atomic mass is 10.1. The molecule has 12 heteroatoms. The molecule has 1 aliphatic heterocycles. The largest absolute Gasteiger partial charge is 0.497 e. The molecule has 10 nitrogen and oxygen atoms in total. The number of benzene rings is 2. The number of nitrogens with one attached hydrogen (secondary N) is 1. The molecular formula is C32H33F2N5O5. The number of ether oxygens (including phenoxy) is 3. The number of nitrogens with zero attached hydrogens (tertiary/aromatic N) is 4. The fourth-order valence-corrected chi connectivity index (χ4v) is 4.93. The van der Waals surface area contributed by atoms with E-state index in [0.717, 1.165) is 23.5 Å². The Morgan fingerprint density at radius 2 is 1.75 bits per heavy atom. The van der Waals surface area contributed by atoms with Crippen molar-refractivity contribution in [2.24, 2.45) is 0 Å². The highest BCUT2D eigenvalue weighted by atomic mass is 19.1. The minimum Gasteiger partial charge on any atom is -0.497 e. The molecule has 0 spiro atoms. The molecule has 2 N–H and O–H groups in total. The molecule has 0 amide bonds. The molecule has 0 bridgehead atoms. The van der Waals surface area contributed by atoms with Crippen molar-refractivity contribution in [3.63, 3.8) is 0 Å². The Hall–Kier alpha value is -4.68. The van der Waals surface area contributed by atoms with Crippen molar-refractivity contribution in [1.82, 2.24) is 19.9 Å². The highest BCUT2D eigenvalue weighted by molar-refractivity contribution is 5.73. The number of hydrogen-bond acceptors (Lipinski definition) is 10. The second-order valence-electron chi connectivity index (χ2n) is 11.3. The molecule has 2 aromatic heterocycles. The molecule has 1 atom stereocenters. The van der Waals surface area contributed by atoms with Crippen molar-refractivity contribution in [3.8, 4) is 22.9 Å². The summed E-state index contributed by atoms with van der Waals surface area (Å²) in [7, 11) is 3.10. The molecule has 1 unspecified atom stereocenters. The van der Waals surface area contributed by atoms with Crippen LogP contribution in [0.15, 0.2) is 54.9 Å². The number of aliphatic hydroxyl groups excluding tert-OH is 1. The highest BCUT2D eigenvalue weighted by Gasteiger charge is 2.35. The number of esters is 1. The van der Waals surface area contributed by atoms with Gasteiger partial charge in [-0.1, -0.05) is 18.2 Å². The van der Waals surface area contributed by atoms with Gasteiger partial charge in [0.2, 0.25) is 0 Å². The fourth-order valence-electron chi connectivity index (χ4n) is 4.93. The van der Waals surface area contributed by atoms with Crippen LogP contribution in [-0.2, 0) is 29.0 Å². The topological polar surface area (TPSA) is 119 Å². The van der Waals surface area contributed by atoms with Gasteiger partial charge in [0.1, 0.15) is 29.1 Å². The first-order chi connectivity index (χ1) is 21.0. The Morgan fingerprint density at radius 1 is 1.05 bits per heavy atom. The van der Waals surface area contributed by atoms with Gasteiger partial charge in [0.15, 0.2) is 17.5 Å². The van der Waals surface area contributed by atoms with Crippen LogP contribution in [0.3, 0.4) is 0 Å². The maximum absolute atomic E-state index is 14.8. The zero-order valence-corrected chi connectivity index (χ0v) is 25.0. The fraction of sp³-hybridized carbons (Fsp3) is 0.312. The van der Waals surface area contributed by atoms with E-state index in [4.69, 9.17) is 14.2 Å². The molecule has 0 aliphatic carbocycles. The average Bonchev–Trinajstić information content (AvgIpc) is 3.28. The van der Waals surface area contributed by atoms with Gasteiger partial charge in [0.05, 0.1) is 49.9 Å². The molecule has 0 saturated carbocycles. The van der Waals surface area contributed by atoms with Crippen LogP contribution in [-0.4, -0.2) is 50.7 Å². The van der Waals surface area contributed by atoms with Gasteiger partial charge in [0, 0.05) is 30.4 Å². The first kappa shape index (κ1) is 30.8. The third-order valence-electron chi connectivity index (χ3n) is 6.91. The van der Waals surface area contributed by atoms with Crippen LogP contribution >= 0.6 is 0 Å². The standard InChI is InChI=1S/C32H33F2N5O5/c1-32(2,3)44-26(40)12-18-6-9-20(10-7-18)36-30-28-24(37-29(38-30)27-22(33)14-35-15-23(27)34)17-39(31(28)41)16-19-8-11-21(42-4)13-25(19)43-5/h6-11,13-15,31,41H,12,16-17H2,1-5H3,(H,36,37,38). The van der Waals surface area contributed by atoms with Gasteiger partial charge >= 0.3 is 5.97 Å². The van der Waals surface area contributed by atoms with Crippen molar-refractivity contribution >= 4 is 17.5 Å². The summed E-state index contributed by atoms with van der Waals surface area (Å²) in [6.07, 6.45) is 0.728. The number of halogens is 2. The summed E-state index contributed by atoms with van der Waals surface area (Å²) in [6.45, 7) is 5.85. The summed E-state index contributed by atoms with van der Waals surface area (Å²) < 4.78 is 45.7. The Labute approximate surface area is 253 Å². The maximum atomic E-state index is 14.8. The zero-order chi connectivity index (χ0) is 31.6. The van der Waals surface area contributed by atoms with Gasteiger partial charge in [-0.2, -0.15) is 0 Å². The van der Waals surface area contributed by atoms with Crippen molar-refractivity contribution in [1.29, 1.82) is 0 Å². The van der Waals surface area contributed by atoms with E-state index in [-0.39, 0.29) is 37.1 Å². The minimum absolute atomic E-state index is 0.0910. The predicted molar refractivity (Wildman–Crippen MR) is 158 cm³/mol. The van der Waals surface area contributed by atoms with E-state index in [1.807, 2.05) is 6.07 Å². The Kier molecular flexibility index (Phi) is 8.75. The summed E-state index contributed by atoms with van der Waals surface area (Å²) in [5.41, 5.74) is 1.84. The normalized spacial score (nSPS) is 14.7. The molecule has 2 aromatic carbocycles. The molecular weight excluding hydrogens is 572 g/mol.